The molecule has 1 aliphatic heterocycles. The van der Waals surface area contributed by atoms with E-state index in [1.54, 1.807) is 12.1 Å². The lowest BCUT2D eigenvalue weighted by Gasteiger charge is -2.21. The first-order chi connectivity index (χ1) is 16.2. The number of nitrogens with one attached hydrogen (secondary N) is 1. The van der Waals surface area contributed by atoms with E-state index in [2.05, 4.69) is 4.98 Å². The molecule has 1 amide bonds. The Bertz CT molecular complexity index is 1440. The molecule has 2 aromatic carbocycles. The lowest BCUT2D eigenvalue weighted by molar-refractivity contribution is 0.0992. The van der Waals surface area contributed by atoms with Crippen molar-refractivity contribution in [1.82, 2.24) is 13.9 Å². The maximum Gasteiger partial charge on any atom is 0.330 e. The molecule has 3 N–H and O–H groups in total. The monoisotopic (exact) mass is 483 g/mol. The Balaban J connectivity index is 1.69. The molecule has 11 heteroatoms. The molecule has 0 atom stereocenters. The highest BCUT2D eigenvalue weighted by Crippen LogP contribution is 2.23. The molecule has 0 unspecified atom stereocenters. The van der Waals surface area contributed by atoms with Crippen molar-refractivity contribution in [3.63, 3.8) is 0 Å². The quantitative estimate of drug-likeness (QED) is 0.541. The Morgan fingerprint density at radius 2 is 1.74 bits per heavy atom. The average molecular weight is 484 g/mol. The van der Waals surface area contributed by atoms with Gasteiger partial charge in [-0.1, -0.05) is 36.4 Å². The second-order valence-corrected chi connectivity index (χ2v) is 10.0. The van der Waals surface area contributed by atoms with Gasteiger partial charge in [-0.05, 0) is 36.6 Å². The van der Waals surface area contributed by atoms with E-state index in [0.717, 1.165) is 23.3 Å². The molecule has 178 valence electrons. The number of sulfonamides is 1. The first-order valence-electron chi connectivity index (χ1n) is 10.7. The zero-order valence-corrected chi connectivity index (χ0v) is 19.4. The van der Waals surface area contributed by atoms with E-state index in [4.69, 9.17) is 5.73 Å². The van der Waals surface area contributed by atoms with Gasteiger partial charge in [0.1, 0.15) is 5.82 Å². The van der Waals surface area contributed by atoms with E-state index in [-0.39, 0.29) is 28.5 Å². The van der Waals surface area contributed by atoms with E-state index in [9.17, 15) is 22.8 Å². The molecular weight excluding hydrogens is 458 g/mol. The predicted molar refractivity (Wildman–Crippen MR) is 128 cm³/mol. The molecule has 34 heavy (non-hydrogen) atoms. The molecule has 10 nitrogen and oxygen atoms in total. The van der Waals surface area contributed by atoms with Crippen LogP contribution in [0.15, 0.2) is 69.1 Å². The number of nitrogens with two attached hydrogens (primary N) is 1. The van der Waals surface area contributed by atoms with Crippen molar-refractivity contribution in [1.29, 1.82) is 0 Å². The number of benzene rings is 2. The third kappa shape index (κ3) is 4.39. The standard InChI is InChI=1S/C23H25N5O5S/c1-26(19-20(24)28(23(31)25-21(19)29)15-16-8-3-2-4-9-16)22(30)17-10-7-11-18(14-17)34(32,33)27-12-5-6-13-27/h2-4,7-11,14H,5-6,12-13,15,24H2,1H3,(H,25,29,31). The molecule has 0 aliphatic carbocycles. The highest BCUT2D eigenvalue weighted by Gasteiger charge is 2.28. The minimum Gasteiger partial charge on any atom is -0.383 e. The Kier molecular flexibility index (Phi) is 6.40. The molecule has 0 spiro atoms. The molecule has 4 rings (SSSR count). The van der Waals surface area contributed by atoms with E-state index in [0.29, 0.717) is 13.1 Å². The Hall–Kier alpha value is -3.70. The fourth-order valence-electron chi connectivity index (χ4n) is 3.99. The summed E-state index contributed by atoms with van der Waals surface area (Å²) < 4.78 is 28.4. The van der Waals surface area contributed by atoms with Crippen molar-refractivity contribution < 1.29 is 13.2 Å². The third-order valence-corrected chi connectivity index (χ3v) is 7.72. The molecule has 0 saturated carbocycles. The number of amides is 1. The number of aromatic amines is 1. The summed E-state index contributed by atoms with van der Waals surface area (Å²) in [4.78, 5) is 41.5. The van der Waals surface area contributed by atoms with Crippen LogP contribution in [-0.4, -0.2) is 48.3 Å². The van der Waals surface area contributed by atoms with Crippen LogP contribution < -0.4 is 21.9 Å². The maximum absolute atomic E-state index is 13.2. The smallest absolute Gasteiger partial charge is 0.330 e. The summed E-state index contributed by atoms with van der Waals surface area (Å²) >= 11 is 0. The lowest BCUT2D eigenvalue weighted by Crippen LogP contribution is -2.39. The largest absolute Gasteiger partial charge is 0.383 e. The Labute approximate surface area is 196 Å². The molecule has 0 radical (unpaired) electrons. The van der Waals surface area contributed by atoms with Gasteiger partial charge < -0.3 is 10.6 Å². The van der Waals surface area contributed by atoms with Gasteiger partial charge in [0.25, 0.3) is 11.5 Å². The number of carbonyl (C=O) groups excluding carboxylic acids is 1. The number of rotatable bonds is 6. The summed E-state index contributed by atoms with van der Waals surface area (Å²) in [5.41, 5.74) is 5.31. The average Bonchev–Trinajstić information content (AvgIpc) is 3.38. The predicted octanol–water partition coefficient (Wildman–Crippen LogP) is 1.23. The molecule has 1 fully saturated rings. The minimum atomic E-state index is -3.72. The first-order valence-corrected chi connectivity index (χ1v) is 12.2. The lowest BCUT2D eigenvalue weighted by atomic mass is 10.2. The van der Waals surface area contributed by atoms with Gasteiger partial charge in [-0.15, -0.1) is 0 Å². The molecule has 1 aromatic heterocycles. The van der Waals surface area contributed by atoms with Gasteiger partial charge in [0.2, 0.25) is 10.0 Å². The van der Waals surface area contributed by atoms with Gasteiger partial charge >= 0.3 is 5.69 Å². The number of anilines is 2. The van der Waals surface area contributed by atoms with Crippen LogP contribution in [0.1, 0.15) is 28.8 Å². The first kappa shape index (κ1) is 23.5. The van der Waals surface area contributed by atoms with Crippen LogP contribution >= 0.6 is 0 Å². The van der Waals surface area contributed by atoms with E-state index < -0.39 is 27.2 Å². The summed E-state index contributed by atoms with van der Waals surface area (Å²) in [5, 5.41) is 0. The van der Waals surface area contributed by atoms with Crippen molar-refractivity contribution in [2.75, 3.05) is 30.8 Å². The second-order valence-electron chi connectivity index (χ2n) is 8.07. The van der Waals surface area contributed by atoms with Gasteiger partial charge in [-0.25, -0.2) is 13.2 Å². The van der Waals surface area contributed by atoms with Gasteiger partial charge in [-0.2, -0.15) is 4.31 Å². The van der Waals surface area contributed by atoms with E-state index in [1.807, 2.05) is 18.2 Å². The molecular formula is C23H25N5O5S. The van der Waals surface area contributed by atoms with Crippen molar-refractivity contribution in [2.24, 2.45) is 0 Å². The summed E-state index contributed by atoms with van der Waals surface area (Å²) in [7, 11) is -2.37. The summed E-state index contributed by atoms with van der Waals surface area (Å²) in [6.45, 7) is 0.978. The van der Waals surface area contributed by atoms with Gasteiger partial charge in [0, 0.05) is 25.7 Å². The minimum absolute atomic E-state index is 0.00424. The van der Waals surface area contributed by atoms with Gasteiger partial charge in [-0.3, -0.25) is 19.1 Å². The van der Waals surface area contributed by atoms with Crippen LogP contribution in [0.4, 0.5) is 11.5 Å². The summed E-state index contributed by atoms with van der Waals surface area (Å²) in [5.74, 6) is -0.810. The SMILES string of the molecule is CN(C(=O)c1cccc(S(=O)(=O)N2CCCC2)c1)c1c(N)n(Cc2ccccc2)c(=O)[nH]c1=O. The molecule has 3 aromatic rings. The zero-order chi connectivity index (χ0) is 24.5. The van der Waals surface area contributed by atoms with Crippen molar-refractivity contribution in [3.8, 4) is 0 Å². The van der Waals surface area contributed by atoms with Crippen LogP contribution in [0, 0.1) is 0 Å². The number of hydrogen-bond donors (Lipinski definition) is 2. The Morgan fingerprint density at radius 1 is 1.06 bits per heavy atom. The number of nitrogens with zero attached hydrogens (tertiary/aromatic N) is 3. The second kappa shape index (κ2) is 9.27. The molecule has 1 aliphatic rings. The highest BCUT2D eigenvalue weighted by molar-refractivity contribution is 7.89. The topological polar surface area (TPSA) is 139 Å². The molecule has 2 heterocycles. The van der Waals surface area contributed by atoms with E-state index in [1.165, 1.54) is 40.2 Å². The van der Waals surface area contributed by atoms with Crippen LogP contribution in [0.3, 0.4) is 0 Å². The summed E-state index contributed by atoms with van der Waals surface area (Å²) in [6, 6.07) is 14.7. The number of H-pyrrole nitrogens is 1. The van der Waals surface area contributed by atoms with Crippen molar-refractivity contribution >= 4 is 27.4 Å². The fraction of sp³-hybridized carbons (Fsp3) is 0.261. The number of hydrogen-bond acceptors (Lipinski definition) is 6. The zero-order valence-electron chi connectivity index (χ0n) is 18.6. The number of nitrogen functional groups attached to an aromatic ring is 1. The molecule has 0 bridgehead atoms. The van der Waals surface area contributed by atoms with Crippen LogP contribution in [-0.2, 0) is 16.6 Å². The maximum atomic E-state index is 13.2. The number of aromatic nitrogens is 2. The van der Waals surface area contributed by atoms with E-state index >= 15 is 0 Å². The van der Waals surface area contributed by atoms with Gasteiger partial charge in [0.15, 0.2) is 5.69 Å². The van der Waals surface area contributed by atoms with Crippen LogP contribution in [0.5, 0.6) is 0 Å². The number of carbonyl (C=O) groups is 1. The Morgan fingerprint density at radius 3 is 2.41 bits per heavy atom. The third-order valence-electron chi connectivity index (χ3n) is 5.82. The fourth-order valence-corrected chi connectivity index (χ4v) is 5.55. The van der Waals surface area contributed by atoms with Crippen molar-refractivity contribution in [2.45, 2.75) is 24.3 Å². The van der Waals surface area contributed by atoms with Gasteiger partial charge in [0.05, 0.1) is 11.4 Å². The molecule has 1 saturated heterocycles. The summed E-state index contributed by atoms with van der Waals surface area (Å²) in [6.07, 6.45) is 1.59. The van der Waals surface area contributed by atoms with Crippen molar-refractivity contribution in [3.05, 3.63) is 86.6 Å². The normalized spacial score (nSPS) is 14.3. The van der Waals surface area contributed by atoms with Crippen LogP contribution in [0.2, 0.25) is 0 Å². The van der Waals surface area contributed by atoms with Crippen LogP contribution in [0.25, 0.3) is 0 Å². The highest BCUT2D eigenvalue weighted by atomic mass is 32.2.